The molecule has 0 aliphatic rings. The van der Waals surface area contributed by atoms with E-state index in [2.05, 4.69) is 12.2 Å². The van der Waals surface area contributed by atoms with E-state index >= 15 is 0 Å². The Morgan fingerprint density at radius 2 is 2.46 bits per heavy atom. The molecule has 1 atom stereocenters. The van der Waals surface area contributed by atoms with E-state index in [0.29, 0.717) is 0 Å². The van der Waals surface area contributed by atoms with Crippen molar-refractivity contribution in [1.29, 1.82) is 0 Å². The summed E-state index contributed by atoms with van der Waals surface area (Å²) in [5, 5.41) is 3.30. The minimum atomic E-state index is 0.260. The fourth-order valence-electron chi connectivity index (χ4n) is 1.13. The molecule has 0 saturated heterocycles. The molecule has 74 valence electrons. The average molecular weight is 183 g/mol. The van der Waals surface area contributed by atoms with E-state index in [1.165, 1.54) is 0 Å². The molecule has 0 spiro atoms. The third-order valence-corrected chi connectivity index (χ3v) is 1.87. The van der Waals surface area contributed by atoms with Gasteiger partial charge in [-0.05, 0) is 26.0 Å². The smallest absolute Gasteiger partial charge is 0.120 e. The molecule has 0 aromatic carbocycles. The molecule has 1 aromatic heterocycles. The highest BCUT2D eigenvalue weighted by Crippen LogP contribution is 2.11. The van der Waals surface area contributed by atoms with Crippen molar-refractivity contribution in [1.82, 2.24) is 5.32 Å². The minimum absolute atomic E-state index is 0.260. The van der Waals surface area contributed by atoms with Crippen LogP contribution in [-0.2, 0) is 4.74 Å². The molecular weight excluding hydrogens is 166 g/mol. The zero-order valence-corrected chi connectivity index (χ0v) is 8.25. The molecule has 0 aliphatic carbocycles. The van der Waals surface area contributed by atoms with Crippen molar-refractivity contribution in [2.45, 2.75) is 19.9 Å². The van der Waals surface area contributed by atoms with E-state index in [0.717, 1.165) is 25.5 Å². The average Bonchev–Trinajstić information content (AvgIpc) is 2.65. The molecule has 1 aromatic rings. The van der Waals surface area contributed by atoms with E-state index in [4.69, 9.17) is 9.15 Å². The fourth-order valence-corrected chi connectivity index (χ4v) is 1.13. The van der Waals surface area contributed by atoms with Gasteiger partial charge >= 0.3 is 0 Å². The van der Waals surface area contributed by atoms with Crippen molar-refractivity contribution in [3.8, 4) is 0 Å². The maximum absolute atomic E-state index is 5.25. The molecule has 13 heavy (non-hydrogen) atoms. The van der Waals surface area contributed by atoms with E-state index in [1.807, 2.05) is 19.1 Å². The number of furan rings is 1. The van der Waals surface area contributed by atoms with Crippen LogP contribution in [0.2, 0.25) is 0 Å². The summed E-state index contributed by atoms with van der Waals surface area (Å²) in [6, 6.07) is 4.13. The Morgan fingerprint density at radius 1 is 1.62 bits per heavy atom. The standard InChI is InChI=1S/C10H17NO2/c1-3-12-8-6-11-9(2)10-5-4-7-13-10/h4-5,7,9,11H,3,6,8H2,1-2H3/t9-/m0/s1. The minimum Gasteiger partial charge on any atom is -0.468 e. The van der Waals surface area contributed by atoms with Gasteiger partial charge in [0.1, 0.15) is 5.76 Å². The first-order valence-corrected chi connectivity index (χ1v) is 4.69. The summed E-state index contributed by atoms with van der Waals surface area (Å²) in [7, 11) is 0. The second kappa shape index (κ2) is 5.78. The summed E-state index contributed by atoms with van der Waals surface area (Å²) in [4.78, 5) is 0. The van der Waals surface area contributed by atoms with Gasteiger partial charge in [-0.1, -0.05) is 0 Å². The van der Waals surface area contributed by atoms with Crippen LogP contribution >= 0.6 is 0 Å². The molecule has 0 radical (unpaired) electrons. The Bertz CT molecular complexity index is 209. The van der Waals surface area contributed by atoms with Gasteiger partial charge < -0.3 is 14.5 Å². The summed E-state index contributed by atoms with van der Waals surface area (Å²) >= 11 is 0. The zero-order valence-electron chi connectivity index (χ0n) is 8.25. The maximum atomic E-state index is 5.25. The van der Waals surface area contributed by atoms with Crippen LogP contribution in [0.4, 0.5) is 0 Å². The van der Waals surface area contributed by atoms with Crippen molar-refractivity contribution < 1.29 is 9.15 Å². The Labute approximate surface area is 79.1 Å². The fraction of sp³-hybridized carbons (Fsp3) is 0.600. The van der Waals surface area contributed by atoms with Crippen molar-refractivity contribution in [2.75, 3.05) is 19.8 Å². The van der Waals surface area contributed by atoms with Crippen LogP contribution in [-0.4, -0.2) is 19.8 Å². The molecule has 1 rings (SSSR count). The maximum Gasteiger partial charge on any atom is 0.120 e. The van der Waals surface area contributed by atoms with Gasteiger partial charge in [0.05, 0.1) is 18.9 Å². The molecule has 0 bridgehead atoms. The van der Waals surface area contributed by atoms with Gasteiger partial charge in [-0.3, -0.25) is 0 Å². The first-order chi connectivity index (χ1) is 6.34. The second-order valence-electron chi connectivity index (χ2n) is 2.89. The van der Waals surface area contributed by atoms with Crippen LogP contribution < -0.4 is 5.32 Å². The van der Waals surface area contributed by atoms with Gasteiger partial charge in [0, 0.05) is 13.2 Å². The lowest BCUT2D eigenvalue weighted by atomic mass is 10.2. The Hall–Kier alpha value is -0.800. The van der Waals surface area contributed by atoms with Gasteiger partial charge in [-0.25, -0.2) is 0 Å². The lowest BCUT2D eigenvalue weighted by molar-refractivity contribution is 0.146. The summed E-state index contributed by atoms with van der Waals surface area (Å²) in [6.45, 7) is 6.45. The molecule has 0 fully saturated rings. The van der Waals surface area contributed by atoms with Crippen LogP contribution in [0.5, 0.6) is 0 Å². The molecule has 1 heterocycles. The third kappa shape index (κ3) is 3.61. The predicted octanol–water partition coefficient (Wildman–Crippen LogP) is 1.97. The molecule has 0 aliphatic heterocycles. The first kappa shape index (κ1) is 10.3. The quantitative estimate of drug-likeness (QED) is 0.685. The molecular formula is C10H17NO2. The Morgan fingerprint density at radius 3 is 3.08 bits per heavy atom. The van der Waals surface area contributed by atoms with E-state index < -0.39 is 0 Å². The van der Waals surface area contributed by atoms with E-state index in [9.17, 15) is 0 Å². The van der Waals surface area contributed by atoms with Crippen LogP contribution in [0.15, 0.2) is 22.8 Å². The largest absolute Gasteiger partial charge is 0.468 e. The number of hydrogen-bond acceptors (Lipinski definition) is 3. The SMILES string of the molecule is CCOCCN[C@@H](C)c1ccco1. The van der Waals surface area contributed by atoms with Crippen molar-refractivity contribution in [3.63, 3.8) is 0 Å². The van der Waals surface area contributed by atoms with Crippen molar-refractivity contribution in [2.24, 2.45) is 0 Å². The summed E-state index contributed by atoms with van der Waals surface area (Å²) in [5.41, 5.74) is 0. The first-order valence-electron chi connectivity index (χ1n) is 4.69. The third-order valence-electron chi connectivity index (χ3n) is 1.87. The second-order valence-corrected chi connectivity index (χ2v) is 2.89. The number of nitrogens with one attached hydrogen (secondary N) is 1. The van der Waals surface area contributed by atoms with Gasteiger partial charge in [-0.15, -0.1) is 0 Å². The van der Waals surface area contributed by atoms with Gasteiger partial charge in [0.2, 0.25) is 0 Å². The zero-order chi connectivity index (χ0) is 9.52. The highest BCUT2D eigenvalue weighted by Gasteiger charge is 2.05. The molecule has 3 heteroatoms. The summed E-state index contributed by atoms with van der Waals surface area (Å²) in [5.74, 6) is 0.969. The van der Waals surface area contributed by atoms with Crippen LogP contribution in [0.3, 0.4) is 0 Å². The molecule has 3 nitrogen and oxygen atoms in total. The van der Waals surface area contributed by atoms with Gasteiger partial charge in [-0.2, -0.15) is 0 Å². The van der Waals surface area contributed by atoms with E-state index in [1.54, 1.807) is 6.26 Å². The molecule has 0 amide bonds. The van der Waals surface area contributed by atoms with E-state index in [-0.39, 0.29) is 6.04 Å². The molecule has 0 saturated carbocycles. The van der Waals surface area contributed by atoms with Crippen LogP contribution in [0.1, 0.15) is 25.6 Å². The number of ether oxygens (including phenoxy) is 1. The lowest BCUT2D eigenvalue weighted by Crippen LogP contribution is -2.22. The summed E-state index contributed by atoms with van der Waals surface area (Å²) in [6.07, 6.45) is 1.69. The number of rotatable bonds is 6. The summed E-state index contributed by atoms with van der Waals surface area (Å²) < 4.78 is 10.5. The topological polar surface area (TPSA) is 34.4 Å². The highest BCUT2D eigenvalue weighted by molar-refractivity contribution is 5.02. The number of hydrogen-bond donors (Lipinski definition) is 1. The van der Waals surface area contributed by atoms with Gasteiger partial charge in [0.25, 0.3) is 0 Å². The van der Waals surface area contributed by atoms with Crippen molar-refractivity contribution >= 4 is 0 Å². The lowest BCUT2D eigenvalue weighted by Gasteiger charge is -2.10. The monoisotopic (exact) mass is 183 g/mol. The van der Waals surface area contributed by atoms with Crippen LogP contribution in [0, 0.1) is 0 Å². The predicted molar refractivity (Wildman–Crippen MR) is 51.6 cm³/mol. The Kier molecular flexibility index (Phi) is 4.57. The Balaban J connectivity index is 2.15. The van der Waals surface area contributed by atoms with Crippen molar-refractivity contribution in [3.05, 3.63) is 24.2 Å². The highest BCUT2D eigenvalue weighted by atomic mass is 16.5. The molecule has 1 N–H and O–H groups in total. The molecule has 0 unspecified atom stereocenters. The normalized spacial score (nSPS) is 13.1. The van der Waals surface area contributed by atoms with Crippen LogP contribution in [0.25, 0.3) is 0 Å². The van der Waals surface area contributed by atoms with Gasteiger partial charge in [0.15, 0.2) is 0 Å².